The van der Waals surface area contributed by atoms with E-state index in [1.807, 2.05) is 24.3 Å². The Morgan fingerprint density at radius 3 is 2.74 bits per heavy atom. The number of carbonyl (C=O) groups is 2. The lowest BCUT2D eigenvalue weighted by atomic mass is 10.1. The summed E-state index contributed by atoms with van der Waals surface area (Å²) in [6.07, 6.45) is 0.735. The highest BCUT2D eigenvalue weighted by Crippen LogP contribution is 2.22. The molecule has 2 rings (SSSR count). The van der Waals surface area contributed by atoms with Crippen LogP contribution in [0.5, 0.6) is 0 Å². The van der Waals surface area contributed by atoms with Crippen molar-refractivity contribution in [1.29, 1.82) is 0 Å². The molecule has 1 heterocycles. The summed E-state index contributed by atoms with van der Waals surface area (Å²) in [5, 5.41) is 0.883. The van der Waals surface area contributed by atoms with Gasteiger partial charge in [0.1, 0.15) is 11.9 Å². The molecule has 0 aliphatic carbocycles. The minimum absolute atomic E-state index is 0.439. The summed E-state index contributed by atoms with van der Waals surface area (Å²) in [6.45, 7) is 1.67. The maximum Gasteiger partial charge on any atom is 0.239 e. The fourth-order valence-corrected chi connectivity index (χ4v) is 1.87. The molecule has 98 valence electrons. The molecular weight excluding hydrogens is 242 g/mol. The number of hydrogen-bond acceptors (Lipinski definition) is 4. The first-order valence-electron chi connectivity index (χ1n) is 5.91. The average Bonchev–Trinajstić information content (AvgIpc) is 2.44. The fraction of sp³-hybridized carbons (Fsp3) is 0.214. The van der Waals surface area contributed by atoms with E-state index in [0.717, 1.165) is 17.2 Å². The molecule has 5 nitrogen and oxygen atoms in total. The lowest BCUT2D eigenvalue weighted by molar-refractivity contribution is -0.118. The first kappa shape index (κ1) is 13.0. The third kappa shape index (κ3) is 2.40. The average molecular weight is 257 g/mol. The molecule has 0 aliphatic heterocycles. The Morgan fingerprint density at radius 2 is 2.11 bits per heavy atom. The van der Waals surface area contributed by atoms with Crippen LogP contribution in [-0.2, 0) is 4.79 Å². The molecule has 1 aromatic heterocycles. The quantitative estimate of drug-likeness (QED) is 0.839. The van der Waals surface area contributed by atoms with Crippen LogP contribution >= 0.6 is 0 Å². The predicted octanol–water partition coefficient (Wildman–Crippen LogP) is 1.36. The molecule has 2 N–H and O–H groups in total. The van der Waals surface area contributed by atoms with Crippen molar-refractivity contribution >= 4 is 28.9 Å². The van der Waals surface area contributed by atoms with Crippen molar-refractivity contribution in [2.24, 2.45) is 5.73 Å². The molecule has 1 atom stereocenters. The monoisotopic (exact) mass is 257 g/mol. The van der Waals surface area contributed by atoms with Crippen molar-refractivity contribution in [2.45, 2.75) is 13.0 Å². The third-order valence-corrected chi connectivity index (χ3v) is 3.19. The molecule has 0 aliphatic rings. The number of para-hydroxylation sites is 1. The maximum atomic E-state index is 11.2. The minimum atomic E-state index is -0.535. The number of carbonyl (C=O) groups excluding carboxylic acids is 2. The van der Waals surface area contributed by atoms with Crippen molar-refractivity contribution in [3.63, 3.8) is 0 Å². The van der Waals surface area contributed by atoms with Crippen LogP contribution in [0.15, 0.2) is 30.3 Å². The lowest BCUT2D eigenvalue weighted by Gasteiger charge is -2.24. The molecule has 0 spiro atoms. The highest BCUT2D eigenvalue weighted by molar-refractivity contribution is 5.93. The summed E-state index contributed by atoms with van der Waals surface area (Å²) in [6, 6.07) is 8.72. The molecule has 0 fully saturated rings. The molecule has 0 radical (unpaired) electrons. The first-order chi connectivity index (χ1) is 9.04. The Bertz CT molecular complexity index is 640. The van der Waals surface area contributed by atoms with Gasteiger partial charge >= 0.3 is 0 Å². The molecule has 1 aromatic carbocycles. The summed E-state index contributed by atoms with van der Waals surface area (Å²) in [4.78, 5) is 28.5. The van der Waals surface area contributed by atoms with Crippen LogP contribution in [0.25, 0.3) is 10.9 Å². The summed E-state index contributed by atoms with van der Waals surface area (Å²) >= 11 is 0. The summed E-state index contributed by atoms with van der Waals surface area (Å²) < 4.78 is 0. The van der Waals surface area contributed by atoms with Gasteiger partial charge in [0.2, 0.25) is 5.91 Å². The normalized spacial score (nSPS) is 12.1. The lowest BCUT2D eigenvalue weighted by Crippen LogP contribution is -2.41. The third-order valence-electron chi connectivity index (χ3n) is 3.19. The van der Waals surface area contributed by atoms with Gasteiger partial charge in [-0.05, 0) is 19.1 Å². The van der Waals surface area contributed by atoms with Crippen molar-refractivity contribution in [3.8, 4) is 0 Å². The van der Waals surface area contributed by atoms with E-state index in [9.17, 15) is 9.59 Å². The van der Waals surface area contributed by atoms with Crippen molar-refractivity contribution in [2.75, 3.05) is 11.9 Å². The predicted molar refractivity (Wildman–Crippen MR) is 74.2 cm³/mol. The number of likely N-dealkylation sites (N-methyl/N-ethyl adjacent to an activating group) is 1. The molecule has 19 heavy (non-hydrogen) atoms. The van der Waals surface area contributed by atoms with E-state index in [4.69, 9.17) is 5.73 Å². The largest absolute Gasteiger partial charge is 0.368 e. The molecule has 2 aromatic rings. The highest BCUT2D eigenvalue weighted by atomic mass is 16.1. The Hall–Kier alpha value is -2.43. The summed E-state index contributed by atoms with van der Waals surface area (Å²) in [5.74, 6) is -0.00527. The Kier molecular flexibility index (Phi) is 3.46. The molecule has 0 saturated heterocycles. The van der Waals surface area contributed by atoms with E-state index < -0.39 is 11.9 Å². The zero-order chi connectivity index (χ0) is 14.0. The van der Waals surface area contributed by atoms with Gasteiger partial charge in [-0.3, -0.25) is 9.59 Å². The number of rotatable bonds is 4. The van der Waals surface area contributed by atoms with E-state index in [1.54, 1.807) is 24.9 Å². The minimum Gasteiger partial charge on any atom is -0.368 e. The molecular formula is C14H15N3O2. The maximum absolute atomic E-state index is 11.2. The zero-order valence-corrected chi connectivity index (χ0v) is 10.8. The van der Waals surface area contributed by atoms with Gasteiger partial charge in [-0.25, -0.2) is 4.98 Å². The van der Waals surface area contributed by atoms with Gasteiger partial charge in [0, 0.05) is 12.4 Å². The number of aldehydes is 1. The van der Waals surface area contributed by atoms with Crippen LogP contribution in [-0.4, -0.2) is 30.3 Å². The van der Waals surface area contributed by atoms with E-state index in [2.05, 4.69) is 4.98 Å². The fourth-order valence-electron chi connectivity index (χ4n) is 1.87. The topological polar surface area (TPSA) is 76.3 Å². The number of fused-ring (bicyclic) bond motifs is 1. The Morgan fingerprint density at radius 1 is 1.42 bits per heavy atom. The molecule has 5 heteroatoms. The van der Waals surface area contributed by atoms with Gasteiger partial charge in [-0.15, -0.1) is 0 Å². The zero-order valence-electron chi connectivity index (χ0n) is 10.8. The van der Waals surface area contributed by atoms with Crippen LogP contribution in [0.2, 0.25) is 0 Å². The van der Waals surface area contributed by atoms with Crippen molar-refractivity contribution in [1.82, 2.24) is 4.98 Å². The number of nitrogens with two attached hydrogens (primary N) is 1. The summed E-state index contributed by atoms with van der Waals surface area (Å²) in [7, 11) is 1.69. The number of primary amides is 1. The van der Waals surface area contributed by atoms with E-state index in [1.165, 1.54) is 0 Å². The number of benzene rings is 1. The van der Waals surface area contributed by atoms with Gasteiger partial charge in [-0.1, -0.05) is 18.2 Å². The number of aromatic nitrogens is 1. The number of nitrogens with zero attached hydrogens (tertiary/aromatic N) is 2. The van der Waals surface area contributed by atoms with Gasteiger partial charge in [0.05, 0.1) is 11.1 Å². The van der Waals surface area contributed by atoms with E-state index in [0.29, 0.717) is 11.4 Å². The van der Waals surface area contributed by atoms with Gasteiger partial charge in [0.25, 0.3) is 0 Å². The second kappa shape index (κ2) is 5.06. The van der Waals surface area contributed by atoms with Crippen LogP contribution in [0.4, 0.5) is 5.82 Å². The van der Waals surface area contributed by atoms with Gasteiger partial charge in [0.15, 0.2) is 6.29 Å². The number of anilines is 1. The second-order valence-electron chi connectivity index (χ2n) is 4.40. The smallest absolute Gasteiger partial charge is 0.239 e. The molecule has 0 bridgehead atoms. The first-order valence-corrected chi connectivity index (χ1v) is 5.91. The number of amides is 1. The SMILES string of the molecule is CC(C(N)=O)N(C)c1nc2ccccc2cc1C=O. The van der Waals surface area contributed by atoms with Crippen LogP contribution < -0.4 is 10.6 Å². The Balaban J connectivity index is 2.58. The Labute approximate surface area is 111 Å². The van der Waals surface area contributed by atoms with Crippen molar-refractivity contribution in [3.05, 3.63) is 35.9 Å². The number of pyridine rings is 1. The second-order valence-corrected chi connectivity index (χ2v) is 4.40. The van der Waals surface area contributed by atoms with Gasteiger partial charge < -0.3 is 10.6 Å². The van der Waals surface area contributed by atoms with Crippen LogP contribution in [0, 0.1) is 0 Å². The highest BCUT2D eigenvalue weighted by Gasteiger charge is 2.19. The molecule has 1 amide bonds. The summed E-state index contributed by atoms with van der Waals surface area (Å²) in [5.41, 5.74) is 6.49. The van der Waals surface area contributed by atoms with Gasteiger partial charge in [-0.2, -0.15) is 0 Å². The van der Waals surface area contributed by atoms with Crippen LogP contribution in [0.3, 0.4) is 0 Å². The van der Waals surface area contributed by atoms with E-state index >= 15 is 0 Å². The number of hydrogen-bond donors (Lipinski definition) is 1. The van der Waals surface area contributed by atoms with Crippen molar-refractivity contribution < 1.29 is 9.59 Å². The van der Waals surface area contributed by atoms with E-state index in [-0.39, 0.29) is 0 Å². The molecule has 1 unspecified atom stereocenters. The van der Waals surface area contributed by atoms with Crippen LogP contribution in [0.1, 0.15) is 17.3 Å². The molecule has 0 saturated carbocycles. The standard InChI is InChI=1S/C14H15N3O2/c1-9(13(15)19)17(2)14-11(8-18)7-10-5-3-4-6-12(10)16-14/h3-9H,1-2H3,(H2,15,19).